The standard InChI is InChI=1S/C21H19F4N3O2S/c1-11-18(19(30)26-13-6-2-3-7-13)28-16(29)10-14(27-20(28)31-11)9-12-5-4-8-15(17(12)22)21(23,24)25/h4-5,8,10,13H,2-3,6-7,9H2,1H3,(H,26,30). The number of alkyl halides is 3. The van der Waals surface area contributed by atoms with Crippen molar-refractivity contribution in [1.29, 1.82) is 0 Å². The van der Waals surface area contributed by atoms with Crippen molar-refractivity contribution >= 4 is 22.2 Å². The molecule has 1 N–H and O–H groups in total. The van der Waals surface area contributed by atoms with E-state index in [4.69, 9.17) is 0 Å². The first-order chi connectivity index (χ1) is 14.6. The van der Waals surface area contributed by atoms with Gasteiger partial charge in [-0.05, 0) is 31.4 Å². The zero-order valence-electron chi connectivity index (χ0n) is 16.6. The molecule has 0 atom stereocenters. The minimum absolute atomic E-state index is 0.0775. The molecule has 0 radical (unpaired) electrons. The quantitative estimate of drug-likeness (QED) is 0.593. The predicted octanol–water partition coefficient (Wildman–Crippen LogP) is 4.49. The molecule has 1 aliphatic rings. The van der Waals surface area contributed by atoms with Gasteiger partial charge in [0.15, 0.2) is 4.96 Å². The maximum Gasteiger partial charge on any atom is 0.419 e. The number of carbonyl (C=O) groups excluding carboxylic acids is 1. The summed E-state index contributed by atoms with van der Waals surface area (Å²) in [5.74, 6) is -1.73. The Morgan fingerprint density at radius 2 is 2.00 bits per heavy atom. The van der Waals surface area contributed by atoms with Gasteiger partial charge in [-0.25, -0.2) is 13.8 Å². The first kappa shape index (κ1) is 21.5. The number of amides is 1. The highest BCUT2D eigenvalue weighted by Crippen LogP contribution is 2.33. The lowest BCUT2D eigenvalue weighted by atomic mass is 10.0. The van der Waals surface area contributed by atoms with Crippen LogP contribution in [-0.2, 0) is 12.6 Å². The van der Waals surface area contributed by atoms with E-state index < -0.39 is 23.1 Å². The molecule has 4 rings (SSSR count). The molecule has 1 amide bonds. The number of fused-ring (bicyclic) bond motifs is 1. The van der Waals surface area contributed by atoms with E-state index in [0.717, 1.165) is 49.2 Å². The Kier molecular flexibility index (Phi) is 5.59. The normalized spacial score (nSPS) is 15.0. The van der Waals surface area contributed by atoms with E-state index in [-0.39, 0.29) is 40.3 Å². The Hall–Kier alpha value is -2.75. The van der Waals surface area contributed by atoms with Gasteiger partial charge in [0.2, 0.25) is 0 Å². The van der Waals surface area contributed by atoms with Gasteiger partial charge in [0.05, 0.1) is 11.3 Å². The third-order valence-corrected chi connectivity index (χ3v) is 6.36. The van der Waals surface area contributed by atoms with Crippen molar-refractivity contribution in [2.75, 3.05) is 0 Å². The molecule has 0 saturated heterocycles. The maximum absolute atomic E-state index is 14.4. The second-order valence-corrected chi connectivity index (χ2v) is 8.80. The molecule has 3 aromatic rings. The molecule has 2 heterocycles. The molecule has 1 aliphatic carbocycles. The predicted molar refractivity (Wildman–Crippen MR) is 108 cm³/mol. The Morgan fingerprint density at radius 3 is 2.68 bits per heavy atom. The average Bonchev–Trinajstić information content (AvgIpc) is 3.29. The van der Waals surface area contributed by atoms with Crippen molar-refractivity contribution < 1.29 is 22.4 Å². The van der Waals surface area contributed by atoms with Crippen LogP contribution in [0.25, 0.3) is 4.96 Å². The monoisotopic (exact) mass is 453 g/mol. The molecule has 1 aromatic carbocycles. The fourth-order valence-corrected chi connectivity index (χ4v) is 4.92. The number of aromatic nitrogens is 2. The van der Waals surface area contributed by atoms with Crippen molar-refractivity contribution in [3.63, 3.8) is 0 Å². The van der Waals surface area contributed by atoms with Crippen LogP contribution < -0.4 is 10.9 Å². The number of hydrogen-bond donors (Lipinski definition) is 1. The van der Waals surface area contributed by atoms with Crippen LogP contribution in [0.4, 0.5) is 17.6 Å². The number of carbonyl (C=O) groups is 1. The summed E-state index contributed by atoms with van der Waals surface area (Å²) in [5.41, 5.74) is -1.76. The largest absolute Gasteiger partial charge is 0.419 e. The van der Waals surface area contributed by atoms with Crippen LogP contribution in [0.5, 0.6) is 0 Å². The van der Waals surface area contributed by atoms with Crippen LogP contribution >= 0.6 is 11.3 Å². The summed E-state index contributed by atoms with van der Waals surface area (Å²) in [7, 11) is 0. The van der Waals surface area contributed by atoms with Crippen LogP contribution in [0.2, 0.25) is 0 Å². The van der Waals surface area contributed by atoms with Crippen LogP contribution in [0.1, 0.15) is 57.9 Å². The van der Waals surface area contributed by atoms with Gasteiger partial charge in [0, 0.05) is 23.4 Å². The first-order valence-corrected chi connectivity index (χ1v) is 10.6. The van der Waals surface area contributed by atoms with Crippen LogP contribution in [0.3, 0.4) is 0 Å². The first-order valence-electron chi connectivity index (χ1n) is 9.82. The molecule has 1 saturated carbocycles. The summed E-state index contributed by atoms with van der Waals surface area (Å²) >= 11 is 1.13. The topological polar surface area (TPSA) is 63.5 Å². The number of nitrogens with zero attached hydrogens (tertiary/aromatic N) is 2. The Morgan fingerprint density at radius 1 is 1.29 bits per heavy atom. The summed E-state index contributed by atoms with van der Waals surface area (Å²) in [6.45, 7) is 1.70. The maximum atomic E-state index is 14.4. The molecular weight excluding hydrogens is 434 g/mol. The van der Waals surface area contributed by atoms with E-state index in [1.807, 2.05) is 0 Å². The lowest BCUT2D eigenvalue weighted by Gasteiger charge is -2.12. The summed E-state index contributed by atoms with van der Waals surface area (Å²) in [6, 6.07) is 4.23. The number of aryl methyl sites for hydroxylation is 1. The Labute approximate surface area is 178 Å². The average molecular weight is 453 g/mol. The van der Waals surface area contributed by atoms with Gasteiger partial charge < -0.3 is 5.32 Å². The van der Waals surface area contributed by atoms with Gasteiger partial charge in [-0.3, -0.25) is 9.59 Å². The summed E-state index contributed by atoms with van der Waals surface area (Å²) < 4.78 is 54.4. The Bertz CT molecular complexity index is 1210. The fraction of sp³-hybridized carbons (Fsp3) is 0.381. The van der Waals surface area contributed by atoms with Crippen LogP contribution in [0.15, 0.2) is 29.1 Å². The molecule has 0 spiro atoms. The smallest absolute Gasteiger partial charge is 0.348 e. The van der Waals surface area contributed by atoms with Gasteiger partial charge in [-0.2, -0.15) is 13.2 Å². The zero-order valence-corrected chi connectivity index (χ0v) is 17.4. The van der Waals surface area contributed by atoms with E-state index in [1.54, 1.807) is 6.92 Å². The van der Waals surface area contributed by atoms with E-state index in [9.17, 15) is 27.2 Å². The summed E-state index contributed by atoms with van der Waals surface area (Å²) in [4.78, 5) is 30.7. The molecule has 5 nitrogen and oxygen atoms in total. The van der Waals surface area contributed by atoms with Gasteiger partial charge in [0.25, 0.3) is 11.5 Å². The van der Waals surface area contributed by atoms with E-state index >= 15 is 0 Å². The minimum Gasteiger partial charge on any atom is -0.348 e. The van der Waals surface area contributed by atoms with Gasteiger partial charge in [0.1, 0.15) is 11.5 Å². The molecule has 0 bridgehead atoms. The fourth-order valence-electron chi connectivity index (χ4n) is 3.93. The van der Waals surface area contributed by atoms with Crippen LogP contribution in [0, 0.1) is 12.7 Å². The molecule has 0 unspecified atom stereocenters. The summed E-state index contributed by atoms with van der Waals surface area (Å²) in [5, 5.41) is 2.95. The van der Waals surface area contributed by atoms with Gasteiger partial charge >= 0.3 is 6.18 Å². The van der Waals surface area contributed by atoms with E-state index in [2.05, 4.69) is 10.3 Å². The highest BCUT2D eigenvalue weighted by atomic mass is 32.1. The van der Waals surface area contributed by atoms with Gasteiger partial charge in [-0.15, -0.1) is 11.3 Å². The third-order valence-electron chi connectivity index (χ3n) is 5.40. The number of rotatable bonds is 4. The highest BCUT2D eigenvalue weighted by Gasteiger charge is 2.34. The molecule has 0 aliphatic heterocycles. The molecule has 31 heavy (non-hydrogen) atoms. The number of hydrogen-bond acceptors (Lipinski definition) is 4. The third kappa shape index (κ3) is 4.21. The molecule has 10 heteroatoms. The molecular formula is C21H19F4N3O2S. The van der Waals surface area contributed by atoms with Crippen molar-refractivity contribution in [2.45, 2.75) is 51.2 Å². The number of thiazole rings is 1. The lowest BCUT2D eigenvalue weighted by Crippen LogP contribution is -2.35. The Balaban J connectivity index is 1.68. The molecule has 1 fully saturated rings. The van der Waals surface area contributed by atoms with E-state index in [0.29, 0.717) is 10.9 Å². The minimum atomic E-state index is -4.82. The van der Waals surface area contributed by atoms with Crippen LogP contribution in [-0.4, -0.2) is 21.3 Å². The second kappa shape index (κ2) is 8.07. The summed E-state index contributed by atoms with van der Waals surface area (Å²) in [6.07, 6.45) is -1.21. The molecule has 164 valence electrons. The van der Waals surface area contributed by atoms with Crippen molar-refractivity contribution in [2.24, 2.45) is 0 Å². The van der Waals surface area contributed by atoms with Crippen molar-refractivity contribution in [3.8, 4) is 0 Å². The van der Waals surface area contributed by atoms with E-state index in [1.165, 1.54) is 10.5 Å². The van der Waals surface area contributed by atoms with Crippen molar-refractivity contribution in [3.05, 3.63) is 67.8 Å². The van der Waals surface area contributed by atoms with Crippen molar-refractivity contribution in [1.82, 2.24) is 14.7 Å². The zero-order chi connectivity index (χ0) is 22.3. The number of benzene rings is 1. The second-order valence-electron chi connectivity index (χ2n) is 7.62. The molecule has 2 aromatic heterocycles. The highest BCUT2D eigenvalue weighted by molar-refractivity contribution is 7.17. The SMILES string of the molecule is Cc1sc2nc(Cc3cccc(C(F)(F)F)c3F)cc(=O)n2c1C(=O)NC1CCCC1. The van der Waals surface area contributed by atoms with Gasteiger partial charge in [-0.1, -0.05) is 25.0 Å². The lowest BCUT2D eigenvalue weighted by molar-refractivity contribution is -0.140. The number of halogens is 4. The number of nitrogens with one attached hydrogen (secondary N) is 1.